The van der Waals surface area contributed by atoms with Gasteiger partial charge in [-0.25, -0.2) is 8.78 Å². The summed E-state index contributed by atoms with van der Waals surface area (Å²) < 4.78 is 71.9. The van der Waals surface area contributed by atoms with Crippen LogP contribution < -0.4 is 4.74 Å². The minimum Gasteiger partial charge on any atom is -0.466 e. The molecule has 0 bridgehead atoms. The number of hydrogen-bond donors (Lipinski definition) is 0. The molecule has 22 heavy (non-hydrogen) atoms. The van der Waals surface area contributed by atoms with Crippen LogP contribution in [0.4, 0.5) is 22.0 Å². The van der Waals surface area contributed by atoms with Crippen molar-refractivity contribution in [2.24, 2.45) is 0 Å². The fraction of sp³-hybridized carbons (Fsp3) is 0.500. The van der Waals surface area contributed by atoms with Crippen molar-refractivity contribution in [2.45, 2.75) is 31.5 Å². The summed E-state index contributed by atoms with van der Waals surface area (Å²) in [5.74, 6) is -1.95. The summed E-state index contributed by atoms with van der Waals surface area (Å²) in [5.41, 5.74) is -1.74. The largest absolute Gasteiger partial charge is 0.573 e. The second-order valence-corrected chi connectivity index (χ2v) is 4.50. The Morgan fingerprint density at radius 3 is 2.50 bits per heavy atom. The molecule has 0 unspecified atom stereocenters. The SMILES string of the molecule is CCOC(=O)Cc1cnc(CBr)c(OC(F)(F)F)c1C(F)F. The average Bonchev–Trinajstić information content (AvgIpc) is 2.37. The number of nitrogens with zero attached hydrogens (tertiary/aromatic N) is 1. The minimum absolute atomic E-state index is 0.0155. The molecule has 0 amide bonds. The first-order valence-electron chi connectivity index (χ1n) is 5.95. The van der Waals surface area contributed by atoms with E-state index in [0.717, 1.165) is 6.20 Å². The van der Waals surface area contributed by atoms with Gasteiger partial charge in [0.25, 0.3) is 6.43 Å². The van der Waals surface area contributed by atoms with Gasteiger partial charge in [0.05, 0.1) is 24.3 Å². The van der Waals surface area contributed by atoms with Gasteiger partial charge in [0, 0.05) is 11.5 Å². The van der Waals surface area contributed by atoms with Gasteiger partial charge >= 0.3 is 12.3 Å². The van der Waals surface area contributed by atoms with E-state index in [9.17, 15) is 26.7 Å². The van der Waals surface area contributed by atoms with Gasteiger partial charge in [-0.2, -0.15) is 0 Å². The molecule has 1 aromatic rings. The first-order valence-corrected chi connectivity index (χ1v) is 7.07. The van der Waals surface area contributed by atoms with E-state index < -0.39 is 36.5 Å². The fourth-order valence-corrected chi connectivity index (χ4v) is 2.06. The molecule has 0 radical (unpaired) electrons. The maximum atomic E-state index is 13.2. The predicted molar refractivity (Wildman–Crippen MR) is 68.8 cm³/mol. The Bertz CT molecular complexity index is 536. The number of ether oxygens (including phenoxy) is 2. The van der Waals surface area contributed by atoms with Gasteiger partial charge in [0.15, 0.2) is 5.75 Å². The third kappa shape index (κ3) is 5.08. The Labute approximate surface area is 130 Å². The fourth-order valence-electron chi connectivity index (χ4n) is 1.66. The number of pyridine rings is 1. The van der Waals surface area contributed by atoms with Gasteiger partial charge < -0.3 is 9.47 Å². The lowest BCUT2D eigenvalue weighted by molar-refractivity contribution is -0.275. The minimum atomic E-state index is -5.16. The van der Waals surface area contributed by atoms with Crippen LogP contribution >= 0.6 is 15.9 Å². The highest BCUT2D eigenvalue weighted by Gasteiger charge is 2.36. The topological polar surface area (TPSA) is 48.4 Å². The second-order valence-electron chi connectivity index (χ2n) is 3.94. The van der Waals surface area contributed by atoms with Crippen molar-refractivity contribution in [1.29, 1.82) is 0 Å². The van der Waals surface area contributed by atoms with Crippen molar-refractivity contribution < 1.29 is 36.2 Å². The zero-order chi connectivity index (χ0) is 16.9. The number of aromatic nitrogens is 1. The van der Waals surface area contributed by atoms with Gasteiger partial charge in [0.2, 0.25) is 0 Å². The van der Waals surface area contributed by atoms with E-state index in [0.29, 0.717) is 0 Å². The van der Waals surface area contributed by atoms with Crippen LogP contribution in [0, 0.1) is 0 Å². The van der Waals surface area contributed by atoms with Gasteiger partial charge in [-0.15, -0.1) is 13.2 Å². The summed E-state index contributed by atoms with van der Waals surface area (Å²) in [7, 11) is 0. The Balaban J connectivity index is 3.34. The lowest BCUT2D eigenvalue weighted by Gasteiger charge is -2.18. The van der Waals surface area contributed by atoms with E-state index in [1.165, 1.54) is 6.92 Å². The van der Waals surface area contributed by atoms with Crippen LogP contribution in [0.1, 0.15) is 30.2 Å². The van der Waals surface area contributed by atoms with Crippen LogP contribution in [0.15, 0.2) is 6.20 Å². The van der Waals surface area contributed by atoms with Gasteiger partial charge in [-0.1, -0.05) is 15.9 Å². The van der Waals surface area contributed by atoms with Crippen molar-refractivity contribution in [1.82, 2.24) is 4.98 Å². The van der Waals surface area contributed by atoms with Crippen LogP contribution in [-0.4, -0.2) is 23.9 Å². The monoisotopic (exact) mass is 391 g/mol. The van der Waals surface area contributed by atoms with E-state index in [1.807, 2.05) is 0 Å². The molecular formula is C12H11BrF5NO3. The standard InChI is InChI=1S/C12H11BrF5NO3/c1-2-21-8(20)3-6-5-19-7(4-13)10(9(6)11(14)15)22-12(16,17)18/h5,11H,2-4H2,1H3. The Kier molecular flexibility index (Phi) is 6.51. The highest BCUT2D eigenvalue weighted by Crippen LogP contribution is 2.38. The molecule has 124 valence electrons. The highest BCUT2D eigenvalue weighted by molar-refractivity contribution is 9.08. The number of carbonyl (C=O) groups is 1. The van der Waals surface area contributed by atoms with E-state index in [4.69, 9.17) is 0 Å². The summed E-state index contributed by atoms with van der Waals surface area (Å²) >= 11 is 2.85. The molecule has 0 fully saturated rings. The van der Waals surface area contributed by atoms with E-state index >= 15 is 0 Å². The third-order valence-corrected chi connectivity index (χ3v) is 2.96. The second kappa shape index (κ2) is 7.70. The first kappa shape index (κ1) is 18.6. The van der Waals surface area contributed by atoms with Crippen LogP contribution in [0.25, 0.3) is 0 Å². The zero-order valence-electron chi connectivity index (χ0n) is 11.2. The van der Waals surface area contributed by atoms with Crippen LogP contribution in [-0.2, 0) is 21.3 Å². The van der Waals surface area contributed by atoms with Gasteiger partial charge in [-0.3, -0.25) is 9.78 Å². The molecule has 0 saturated heterocycles. The molecule has 1 heterocycles. The lowest BCUT2D eigenvalue weighted by Crippen LogP contribution is -2.21. The molecule has 0 aliphatic carbocycles. The quantitative estimate of drug-likeness (QED) is 0.419. The maximum absolute atomic E-state index is 13.2. The Morgan fingerprint density at radius 1 is 1.41 bits per heavy atom. The van der Waals surface area contributed by atoms with Crippen LogP contribution in [0.2, 0.25) is 0 Å². The van der Waals surface area contributed by atoms with Crippen LogP contribution in [0.3, 0.4) is 0 Å². The number of rotatable bonds is 6. The molecule has 1 aromatic heterocycles. The summed E-state index contributed by atoms with van der Waals surface area (Å²) in [6, 6.07) is 0. The predicted octanol–water partition coefficient (Wildman–Crippen LogP) is 3.92. The molecule has 0 aromatic carbocycles. The number of halogens is 6. The number of esters is 1. The highest BCUT2D eigenvalue weighted by atomic mass is 79.9. The molecule has 0 aliphatic rings. The third-order valence-electron chi connectivity index (χ3n) is 2.43. The molecule has 0 atom stereocenters. The summed E-state index contributed by atoms with van der Waals surface area (Å²) in [6.45, 7) is 1.53. The van der Waals surface area contributed by atoms with Gasteiger partial charge in [0.1, 0.15) is 0 Å². The van der Waals surface area contributed by atoms with Crippen molar-refractivity contribution in [3.8, 4) is 5.75 Å². The maximum Gasteiger partial charge on any atom is 0.573 e. The summed E-state index contributed by atoms with van der Waals surface area (Å²) in [4.78, 5) is 15.0. The Hall–Kier alpha value is -1.45. The normalized spacial score (nSPS) is 11.6. The van der Waals surface area contributed by atoms with E-state index in [1.54, 1.807) is 0 Å². The zero-order valence-corrected chi connectivity index (χ0v) is 12.8. The summed E-state index contributed by atoms with van der Waals surface area (Å²) in [5, 5.41) is -0.224. The molecule has 4 nitrogen and oxygen atoms in total. The molecular weight excluding hydrogens is 381 g/mol. The van der Waals surface area contributed by atoms with E-state index in [2.05, 4.69) is 30.4 Å². The van der Waals surface area contributed by atoms with Crippen molar-refractivity contribution >= 4 is 21.9 Å². The molecule has 0 aliphatic heterocycles. The number of carbonyl (C=O) groups excluding carboxylic acids is 1. The lowest BCUT2D eigenvalue weighted by atomic mass is 10.1. The first-order chi connectivity index (χ1) is 10.2. The number of alkyl halides is 6. The number of hydrogen-bond acceptors (Lipinski definition) is 4. The van der Waals surface area contributed by atoms with Crippen molar-refractivity contribution in [3.63, 3.8) is 0 Å². The Morgan fingerprint density at radius 2 is 2.05 bits per heavy atom. The van der Waals surface area contributed by atoms with Crippen LogP contribution in [0.5, 0.6) is 5.75 Å². The average molecular weight is 392 g/mol. The van der Waals surface area contributed by atoms with Crippen molar-refractivity contribution in [3.05, 3.63) is 23.0 Å². The molecule has 0 N–H and O–H groups in total. The molecule has 0 saturated carbocycles. The molecule has 10 heteroatoms. The smallest absolute Gasteiger partial charge is 0.466 e. The van der Waals surface area contributed by atoms with Gasteiger partial charge in [-0.05, 0) is 12.5 Å². The molecule has 0 spiro atoms. The molecule has 1 rings (SSSR count). The van der Waals surface area contributed by atoms with Crippen molar-refractivity contribution in [2.75, 3.05) is 6.61 Å². The summed E-state index contributed by atoms with van der Waals surface area (Å²) in [6.07, 6.45) is -8.15. The van der Waals surface area contributed by atoms with E-state index in [-0.39, 0.29) is 23.2 Å².